The van der Waals surface area contributed by atoms with Crippen molar-refractivity contribution in [3.05, 3.63) is 20.3 Å². The molecule has 0 amide bonds. The molecule has 0 radical (unpaired) electrons. The first-order chi connectivity index (χ1) is 8.63. The molecule has 1 saturated heterocycles. The molecule has 1 aliphatic heterocycles. The Labute approximate surface area is 122 Å². The summed E-state index contributed by atoms with van der Waals surface area (Å²) >= 11 is 5.49. The van der Waals surface area contributed by atoms with E-state index >= 15 is 0 Å². The maximum absolute atomic E-state index is 5.96. The van der Waals surface area contributed by atoms with Gasteiger partial charge in [0.2, 0.25) is 0 Å². The minimum absolute atomic E-state index is 0.321. The lowest BCUT2D eigenvalue weighted by Crippen LogP contribution is -2.34. The number of nitrogens with one attached hydrogen (secondary N) is 1. The molecule has 3 atom stereocenters. The summed E-state index contributed by atoms with van der Waals surface area (Å²) in [7, 11) is 0. The van der Waals surface area contributed by atoms with Crippen LogP contribution in [-0.4, -0.2) is 19.3 Å². The molecule has 1 N–H and O–H groups in total. The van der Waals surface area contributed by atoms with Crippen LogP contribution in [0.4, 0.5) is 0 Å². The maximum atomic E-state index is 5.96. The van der Waals surface area contributed by atoms with E-state index in [9.17, 15) is 0 Å². The van der Waals surface area contributed by atoms with Crippen LogP contribution in [0, 0.1) is 12.8 Å². The van der Waals surface area contributed by atoms with Gasteiger partial charge in [0.15, 0.2) is 0 Å². The standard InChI is InChI=1S/C14H22BrNOS/c1-4-6-16-13(14-9(2)5-7-17-14)12-8-11(15)10(3)18-12/h8-9,13-14,16H,4-7H2,1-3H3. The van der Waals surface area contributed by atoms with Gasteiger partial charge in [-0.25, -0.2) is 0 Å². The molecule has 0 aromatic carbocycles. The third-order valence-electron chi connectivity index (χ3n) is 3.57. The van der Waals surface area contributed by atoms with Gasteiger partial charge in [-0.3, -0.25) is 0 Å². The van der Waals surface area contributed by atoms with Crippen molar-refractivity contribution in [2.45, 2.75) is 45.8 Å². The lowest BCUT2D eigenvalue weighted by Gasteiger charge is -2.26. The van der Waals surface area contributed by atoms with Gasteiger partial charge in [0.05, 0.1) is 12.1 Å². The highest BCUT2D eigenvalue weighted by atomic mass is 79.9. The SMILES string of the molecule is CCCNC(c1cc(Br)c(C)s1)C1OCCC1C. The minimum Gasteiger partial charge on any atom is -0.376 e. The van der Waals surface area contributed by atoms with E-state index in [0.29, 0.717) is 18.1 Å². The maximum Gasteiger partial charge on any atom is 0.0804 e. The van der Waals surface area contributed by atoms with E-state index in [0.717, 1.165) is 19.6 Å². The van der Waals surface area contributed by atoms with E-state index in [2.05, 4.69) is 48.1 Å². The molecule has 102 valence electrons. The molecule has 1 fully saturated rings. The van der Waals surface area contributed by atoms with Crippen molar-refractivity contribution in [1.29, 1.82) is 0 Å². The van der Waals surface area contributed by atoms with Gasteiger partial charge in [-0.15, -0.1) is 11.3 Å². The van der Waals surface area contributed by atoms with Crippen molar-refractivity contribution >= 4 is 27.3 Å². The van der Waals surface area contributed by atoms with E-state index in [-0.39, 0.29) is 0 Å². The van der Waals surface area contributed by atoms with Crippen molar-refractivity contribution in [3.8, 4) is 0 Å². The Morgan fingerprint density at radius 3 is 2.89 bits per heavy atom. The van der Waals surface area contributed by atoms with E-state index in [1.54, 1.807) is 0 Å². The van der Waals surface area contributed by atoms with Crippen molar-refractivity contribution in [2.75, 3.05) is 13.2 Å². The monoisotopic (exact) mass is 331 g/mol. The highest BCUT2D eigenvalue weighted by Gasteiger charge is 2.33. The van der Waals surface area contributed by atoms with Gasteiger partial charge >= 0.3 is 0 Å². The van der Waals surface area contributed by atoms with Gasteiger partial charge in [0.1, 0.15) is 0 Å². The van der Waals surface area contributed by atoms with Gasteiger partial charge in [0.25, 0.3) is 0 Å². The van der Waals surface area contributed by atoms with Crippen LogP contribution in [0.2, 0.25) is 0 Å². The summed E-state index contributed by atoms with van der Waals surface area (Å²) in [6.45, 7) is 8.62. The fraction of sp³-hybridized carbons (Fsp3) is 0.714. The predicted octanol–water partition coefficient (Wildman–Crippen LogP) is 4.28. The van der Waals surface area contributed by atoms with Crippen LogP contribution >= 0.6 is 27.3 Å². The van der Waals surface area contributed by atoms with Crippen molar-refractivity contribution in [1.82, 2.24) is 5.32 Å². The first kappa shape index (κ1) is 14.5. The van der Waals surface area contributed by atoms with Gasteiger partial charge < -0.3 is 10.1 Å². The fourth-order valence-electron chi connectivity index (χ4n) is 2.46. The summed E-state index contributed by atoms with van der Waals surface area (Å²) < 4.78 is 7.18. The molecular weight excluding hydrogens is 310 g/mol. The first-order valence-electron chi connectivity index (χ1n) is 6.74. The number of hydrogen-bond acceptors (Lipinski definition) is 3. The number of halogens is 1. The van der Waals surface area contributed by atoms with Crippen LogP contribution in [0.15, 0.2) is 10.5 Å². The van der Waals surface area contributed by atoms with Crippen LogP contribution in [-0.2, 0) is 4.74 Å². The molecule has 2 heterocycles. The molecule has 1 aromatic rings. The topological polar surface area (TPSA) is 21.3 Å². The highest BCUT2D eigenvalue weighted by molar-refractivity contribution is 9.10. The summed E-state index contributed by atoms with van der Waals surface area (Å²) in [5.74, 6) is 0.639. The van der Waals surface area contributed by atoms with Gasteiger partial charge in [-0.2, -0.15) is 0 Å². The average Bonchev–Trinajstić information content (AvgIpc) is 2.88. The van der Waals surface area contributed by atoms with Gasteiger partial charge in [0, 0.05) is 20.8 Å². The second kappa shape index (κ2) is 6.51. The van der Waals surface area contributed by atoms with Crippen molar-refractivity contribution in [3.63, 3.8) is 0 Å². The molecule has 1 aliphatic rings. The zero-order valence-electron chi connectivity index (χ0n) is 11.3. The van der Waals surface area contributed by atoms with E-state index in [4.69, 9.17) is 4.74 Å². The predicted molar refractivity (Wildman–Crippen MR) is 81.3 cm³/mol. The Balaban J connectivity index is 2.18. The highest BCUT2D eigenvalue weighted by Crippen LogP contribution is 2.37. The summed E-state index contributed by atoms with van der Waals surface area (Å²) in [5, 5.41) is 3.66. The third kappa shape index (κ3) is 3.16. The van der Waals surface area contributed by atoms with Crippen molar-refractivity contribution < 1.29 is 4.74 Å². The van der Waals surface area contributed by atoms with Gasteiger partial charge in [-0.05, 0) is 54.2 Å². The molecule has 4 heteroatoms. The minimum atomic E-state index is 0.321. The van der Waals surface area contributed by atoms with Crippen LogP contribution in [0.5, 0.6) is 0 Å². The second-order valence-electron chi connectivity index (χ2n) is 5.09. The summed E-state index contributed by atoms with van der Waals surface area (Å²) in [5.41, 5.74) is 0. The zero-order chi connectivity index (χ0) is 13.1. The van der Waals surface area contributed by atoms with E-state index in [1.807, 2.05) is 11.3 Å². The Morgan fingerprint density at radius 1 is 1.61 bits per heavy atom. The van der Waals surface area contributed by atoms with Crippen LogP contribution < -0.4 is 5.32 Å². The molecular formula is C14H22BrNOS. The van der Waals surface area contributed by atoms with Gasteiger partial charge in [-0.1, -0.05) is 13.8 Å². The molecule has 0 aliphatic carbocycles. The number of thiophene rings is 1. The molecule has 3 unspecified atom stereocenters. The molecule has 0 bridgehead atoms. The lowest BCUT2D eigenvalue weighted by atomic mass is 9.96. The number of ether oxygens (including phenoxy) is 1. The van der Waals surface area contributed by atoms with Crippen LogP contribution in [0.3, 0.4) is 0 Å². The van der Waals surface area contributed by atoms with E-state index in [1.165, 1.54) is 20.6 Å². The zero-order valence-corrected chi connectivity index (χ0v) is 13.7. The Morgan fingerprint density at radius 2 is 2.39 bits per heavy atom. The van der Waals surface area contributed by atoms with Crippen molar-refractivity contribution in [2.24, 2.45) is 5.92 Å². The second-order valence-corrected chi connectivity index (χ2v) is 7.23. The number of hydrogen-bond donors (Lipinski definition) is 1. The largest absolute Gasteiger partial charge is 0.376 e. The molecule has 1 aromatic heterocycles. The Kier molecular flexibility index (Phi) is 5.24. The number of rotatable bonds is 5. The Bertz CT molecular complexity index is 374. The fourth-order valence-corrected chi connectivity index (χ4v) is 4.13. The summed E-state index contributed by atoms with van der Waals surface area (Å²) in [4.78, 5) is 2.74. The first-order valence-corrected chi connectivity index (χ1v) is 8.35. The van der Waals surface area contributed by atoms with E-state index < -0.39 is 0 Å². The molecule has 0 spiro atoms. The summed E-state index contributed by atoms with van der Waals surface area (Å²) in [6, 6.07) is 2.60. The average molecular weight is 332 g/mol. The molecule has 18 heavy (non-hydrogen) atoms. The molecule has 2 rings (SSSR count). The van der Waals surface area contributed by atoms with Crippen LogP contribution in [0.1, 0.15) is 42.5 Å². The van der Waals surface area contributed by atoms with Crippen LogP contribution in [0.25, 0.3) is 0 Å². The quantitative estimate of drug-likeness (QED) is 0.869. The normalized spacial score (nSPS) is 25.6. The smallest absolute Gasteiger partial charge is 0.0804 e. The number of aryl methyl sites for hydroxylation is 1. The summed E-state index contributed by atoms with van der Waals surface area (Å²) in [6.07, 6.45) is 2.66. The Hall–Kier alpha value is 0.1000. The lowest BCUT2D eigenvalue weighted by molar-refractivity contribution is 0.0617. The molecule has 0 saturated carbocycles. The molecule has 2 nitrogen and oxygen atoms in total. The third-order valence-corrected chi connectivity index (χ3v) is 5.79.